The molecular weight excluding hydrogens is 204 g/mol. The number of fused-ring (bicyclic) bond motifs is 1. The van der Waals surface area contributed by atoms with E-state index in [0.29, 0.717) is 19.6 Å². The summed E-state index contributed by atoms with van der Waals surface area (Å²) >= 11 is 0. The predicted octanol–water partition coefficient (Wildman–Crippen LogP) is 2.08. The van der Waals surface area contributed by atoms with E-state index in [0.717, 1.165) is 22.6 Å². The fourth-order valence-corrected chi connectivity index (χ4v) is 1.89. The molecule has 1 aromatic carbocycles. The molecule has 1 N–H and O–H groups in total. The van der Waals surface area contributed by atoms with Crippen LogP contribution in [0, 0.1) is 6.92 Å². The molecule has 0 spiro atoms. The van der Waals surface area contributed by atoms with Crippen molar-refractivity contribution in [1.29, 1.82) is 0 Å². The van der Waals surface area contributed by atoms with Crippen LogP contribution in [-0.2, 0) is 6.42 Å². The van der Waals surface area contributed by atoms with Crippen molar-refractivity contribution in [1.82, 2.24) is 0 Å². The Morgan fingerprint density at radius 1 is 1.19 bits per heavy atom. The molecule has 1 heterocycles. The molecule has 2 rings (SSSR count). The van der Waals surface area contributed by atoms with Crippen molar-refractivity contribution in [2.45, 2.75) is 32.8 Å². The Balaban J connectivity index is 2.32. The molecule has 0 radical (unpaired) electrons. The average molecular weight is 222 g/mol. The Hall–Kier alpha value is -1.22. The maximum absolute atomic E-state index is 9.83. The standard InChI is InChI=1S/C13H18O3/c1-9-6-11-12(16-5-4-15-11)7-10(9)8-13(2,3)14/h6-7,14H,4-5,8H2,1-3H3. The lowest BCUT2D eigenvalue weighted by Gasteiger charge is -2.23. The number of aryl methyl sites for hydroxylation is 1. The fraction of sp³-hybridized carbons (Fsp3) is 0.538. The van der Waals surface area contributed by atoms with Gasteiger partial charge >= 0.3 is 0 Å². The molecule has 0 saturated heterocycles. The lowest BCUT2D eigenvalue weighted by molar-refractivity contribution is 0.0806. The Kier molecular flexibility index (Phi) is 2.80. The second kappa shape index (κ2) is 3.98. The van der Waals surface area contributed by atoms with Crippen LogP contribution in [0.3, 0.4) is 0 Å². The Bertz CT molecular complexity index is 391. The molecule has 0 unspecified atom stereocenters. The Morgan fingerprint density at radius 3 is 2.31 bits per heavy atom. The first-order valence-electron chi connectivity index (χ1n) is 5.57. The van der Waals surface area contributed by atoms with Crippen LogP contribution >= 0.6 is 0 Å². The maximum atomic E-state index is 9.83. The zero-order chi connectivity index (χ0) is 11.8. The van der Waals surface area contributed by atoms with Gasteiger partial charge in [0, 0.05) is 6.42 Å². The molecule has 0 atom stereocenters. The van der Waals surface area contributed by atoms with Crippen molar-refractivity contribution in [2.75, 3.05) is 13.2 Å². The summed E-state index contributed by atoms with van der Waals surface area (Å²) in [6, 6.07) is 3.96. The molecule has 0 bridgehead atoms. The minimum Gasteiger partial charge on any atom is -0.486 e. The normalized spacial score (nSPS) is 15.0. The van der Waals surface area contributed by atoms with Gasteiger partial charge in [0.2, 0.25) is 0 Å². The molecule has 3 heteroatoms. The summed E-state index contributed by atoms with van der Waals surface area (Å²) in [7, 11) is 0. The number of hydrogen-bond acceptors (Lipinski definition) is 3. The minimum atomic E-state index is -0.700. The second-order valence-corrected chi connectivity index (χ2v) is 4.91. The van der Waals surface area contributed by atoms with Gasteiger partial charge in [-0.1, -0.05) is 0 Å². The monoisotopic (exact) mass is 222 g/mol. The predicted molar refractivity (Wildman–Crippen MR) is 62.2 cm³/mol. The second-order valence-electron chi connectivity index (χ2n) is 4.91. The summed E-state index contributed by atoms with van der Waals surface area (Å²) in [5.41, 5.74) is 1.54. The molecule has 88 valence electrons. The van der Waals surface area contributed by atoms with Crippen molar-refractivity contribution < 1.29 is 14.6 Å². The van der Waals surface area contributed by atoms with E-state index in [4.69, 9.17) is 9.47 Å². The van der Waals surface area contributed by atoms with E-state index in [1.807, 2.05) is 32.9 Å². The van der Waals surface area contributed by atoms with Gasteiger partial charge in [0.25, 0.3) is 0 Å². The SMILES string of the molecule is Cc1cc2c(cc1CC(C)(C)O)OCCO2. The lowest BCUT2D eigenvalue weighted by Crippen LogP contribution is -2.23. The third-order valence-corrected chi connectivity index (χ3v) is 2.62. The largest absolute Gasteiger partial charge is 0.486 e. The lowest BCUT2D eigenvalue weighted by atomic mass is 9.95. The van der Waals surface area contributed by atoms with Crippen molar-refractivity contribution in [3.8, 4) is 11.5 Å². The van der Waals surface area contributed by atoms with E-state index in [1.165, 1.54) is 0 Å². The van der Waals surface area contributed by atoms with Crippen LogP contribution in [0.25, 0.3) is 0 Å². The number of hydrogen-bond donors (Lipinski definition) is 1. The van der Waals surface area contributed by atoms with Crippen molar-refractivity contribution in [3.05, 3.63) is 23.3 Å². The summed E-state index contributed by atoms with van der Waals surface area (Å²) in [5, 5.41) is 9.83. The molecule has 0 amide bonds. The third-order valence-electron chi connectivity index (χ3n) is 2.62. The van der Waals surface area contributed by atoms with Crippen LogP contribution in [-0.4, -0.2) is 23.9 Å². The highest BCUT2D eigenvalue weighted by Gasteiger charge is 2.19. The van der Waals surface area contributed by atoms with Gasteiger partial charge in [-0.25, -0.2) is 0 Å². The van der Waals surface area contributed by atoms with E-state index < -0.39 is 5.60 Å². The maximum Gasteiger partial charge on any atom is 0.161 e. The molecule has 1 aromatic rings. The number of rotatable bonds is 2. The van der Waals surface area contributed by atoms with Gasteiger partial charge < -0.3 is 14.6 Å². The van der Waals surface area contributed by atoms with E-state index in [2.05, 4.69) is 0 Å². The number of aliphatic hydroxyl groups is 1. The minimum absolute atomic E-state index is 0.595. The quantitative estimate of drug-likeness (QED) is 0.832. The Labute approximate surface area is 96.0 Å². The summed E-state index contributed by atoms with van der Waals surface area (Å²) in [6.45, 7) is 6.85. The molecule has 0 fully saturated rings. The smallest absolute Gasteiger partial charge is 0.161 e. The van der Waals surface area contributed by atoms with E-state index in [9.17, 15) is 5.11 Å². The molecule has 0 aromatic heterocycles. The van der Waals surface area contributed by atoms with Gasteiger partial charge in [0.05, 0.1) is 5.60 Å². The molecule has 3 nitrogen and oxygen atoms in total. The van der Waals surface area contributed by atoms with Crippen LogP contribution < -0.4 is 9.47 Å². The van der Waals surface area contributed by atoms with E-state index in [1.54, 1.807) is 0 Å². The van der Waals surface area contributed by atoms with Gasteiger partial charge in [-0.05, 0) is 44.0 Å². The average Bonchev–Trinajstić information content (AvgIpc) is 2.17. The first kappa shape index (κ1) is 11.3. The summed E-state index contributed by atoms with van der Waals surface area (Å²) in [6.07, 6.45) is 0.621. The zero-order valence-corrected chi connectivity index (χ0v) is 10.0. The Morgan fingerprint density at radius 2 is 1.75 bits per heavy atom. The van der Waals surface area contributed by atoms with Gasteiger partial charge in [-0.3, -0.25) is 0 Å². The van der Waals surface area contributed by atoms with E-state index >= 15 is 0 Å². The van der Waals surface area contributed by atoms with Crippen molar-refractivity contribution in [3.63, 3.8) is 0 Å². The van der Waals surface area contributed by atoms with Gasteiger partial charge in [0.1, 0.15) is 13.2 Å². The third kappa shape index (κ3) is 2.47. The van der Waals surface area contributed by atoms with E-state index in [-0.39, 0.29) is 0 Å². The highest BCUT2D eigenvalue weighted by molar-refractivity contribution is 5.48. The van der Waals surface area contributed by atoms with Gasteiger partial charge in [-0.15, -0.1) is 0 Å². The van der Waals surface area contributed by atoms with Gasteiger partial charge in [0.15, 0.2) is 11.5 Å². The molecule has 1 aliphatic rings. The highest BCUT2D eigenvalue weighted by Crippen LogP contribution is 2.34. The van der Waals surface area contributed by atoms with Crippen LogP contribution in [0.15, 0.2) is 12.1 Å². The molecule has 16 heavy (non-hydrogen) atoms. The highest BCUT2D eigenvalue weighted by atomic mass is 16.6. The van der Waals surface area contributed by atoms with Crippen molar-refractivity contribution in [2.24, 2.45) is 0 Å². The molecule has 0 saturated carbocycles. The van der Waals surface area contributed by atoms with Crippen LogP contribution in [0.2, 0.25) is 0 Å². The zero-order valence-electron chi connectivity index (χ0n) is 10.0. The van der Waals surface area contributed by atoms with Crippen molar-refractivity contribution >= 4 is 0 Å². The summed E-state index contributed by atoms with van der Waals surface area (Å²) in [4.78, 5) is 0. The van der Waals surface area contributed by atoms with Crippen LogP contribution in [0.4, 0.5) is 0 Å². The first-order valence-corrected chi connectivity index (χ1v) is 5.57. The first-order chi connectivity index (χ1) is 7.46. The molecule has 0 aliphatic carbocycles. The topological polar surface area (TPSA) is 38.7 Å². The van der Waals surface area contributed by atoms with Crippen LogP contribution in [0.5, 0.6) is 11.5 Å². The molecular formula is C13H18O3. The van der Waals surface area contributed by atoms with Gasteiger partial charge in [-0.2, -0.15) is 0 Å². The summed E-state index contributed by atoms with van der Waals surface area (Å²) in [5.74, 6) is 1.60. The molecule has 1 aliphatic heterocycles. The van der Waals surface area contributed by atoms with Crippen LogP contribution in [0.1, 0.15) is 25.0 Å². The number of benzene rings is 1. The summed E-state index contributed by atoms with van der Waals surface area (Å²) < 4.78 is 11.0. The number of ether oxygens (including phenoxy) is 2. The fourth-order valence-electron chi connectivity index (χ4n) is 1.89.